The van der Waals surface area contributed by atoms with Crippen LogP contribution in [0.5, 0.6) is 0 Å². The van der Waals surface area contributed by atoms with E-state index in [0.717, 1.165) is 0 Å². The van der Waals surface area contributed by atoms with Gasteiger partial charge in [0.2, 0.25) is 0 Å². The summed E-state index contributed by atoms with van der Waals surface area (Å²) in [5.74, 6) is 0. The summed E-state index contributed by atoms with van der Waals surface area (Å²) in [4.78, 5) is 0. The van der Waals surface area contributed by atoms with Crippen LogP contribution in [-0.2, 0) is 0 Å². The lowest BCUT2D eigenvalue weighted by Crippen LogP contribution is -2.10. The Balaban J connectivity index is 3.31. The summed E-state index contributed by atoms with van der Waals surface area (Å²) in [5.41, 5.74) is 0. The van der Waals surface area contributed by atoms with E-state index in [1.165, 1.54) is 141 Å². The van der Waals surface area contributed by atoms with Crippen molar-refractivity contribution in [3.05, 3.63) is 0 Å². The number of rotatable bonds is 22. The zero-order chi connectivity index (χ0) is 20.1. The minimum Gasteiger partial charge on any atom is -0.0727 e. The van der Waals surface area contributed by atoms with Crippen molar-refractivity contribution in [1.82, 2.24) is 0 Å². The smallest absolute Gasteiger partial charge is 0.0727 e. The van der Waals surface area contributed by atoms with Crippen molar-refractivity contribution in [2.45, 2.75) is 158 Å². The Morgan fingerprint density at radius 3 is 0.852 bits per heavy atom. The number of hydrogen-bond acceptors (Lipinski definition) is 0. The largest absolute Gasteiger partial charge is 0.0805 e. The molecule has 0 rings (SSSR count). The Bertz CT molecular complexity index is 249. The van der Waals surface area contributed by atoms with Gasteiger partial charge >= 0.3 is 0 Å². The second kappa shape index (κ2) is 21.7. The molecule has 0 aliphatic heterocycles. The molecule has 0 spiro atoms. The van der Waals surface area contributed by atoms with E-state index in [1.54, 1.807) is 0 Å². The molecule has 27 heavy (non-hydrogen) atoms. The first-order valence-electron chi connectivity index (χ1n) is 12.5. The molecular formula is C25H50Br2. The summed E-state index contributed by atoms with van der Waals surface area (Å²) < 4.78 is 0.209. The maximum absolute atomic E-state index is 3.93. The van der Waals surface area contributed by atoms with Gasteiger partial charge in [0.25, 0.3) is 0 Å². The van der Waals surface area contributed by atoms with Crippen molar-refractivity contribution in [2.24, 2.45) is 0 Å². The first kappa shape index (κ1) is 28.0. The average Bonchev–Trinajstić information content (AvgIpc) is 2.64. The maximum atomic E-state index is 3.93. The lowest BCUT2D eigenvalue weighted by Gasteiger charge is -2.20. The molecule has 0 nitrogen and oxygen atoms in total. The fraction of sp³-hybridized carbons (Fsp3) is 1.00. The SMILES string of the molecule is CCCCCCCCCCCCC(Br)(Br)CCCCCCCCCCCC. The third kappa shape index (κ3) is 23.1. The second-order valence-electron chi connectivity index (χ2n) is 8.72. The third-order valence-electron chi connectivity index (χ3n) is 5.79. The monoisotopic (exact) mass is 508 g/mol. The number of alkyl halides is 2. The lowest BCUT2D eigenvalue weighted by molar-refractivity contribution is 0.518. The number of halogens is 2. The van der Waals surface area contributed by atoms with Crippen LogP contribution in [0.25, 0.3) is 0 Å². The number of unbranched alkanes of at least 4 members (excludes halogenated alkanes) is 18. The Morgan fingerprint density at radius 2 is 0.593 bits per heavy atom. The molecule has 0 unspecified atom stereocenters. The van der Waals surface area contributed by atoms with E-state index >= 15 is 0 Å². The molecule has 0 radical (unpaired) electrons. The van der Waals surface area contributed by atoms with Crippen molar-refractivity contribution < 1.29 is 0 Å². The first-order valence-corrected chi connectivity index (χ1v) is 14.1. The average molecular weight is 510 g/mol. The molecule has 0 aromatic heterocycles. The molecule has 0 saturated heterocycles. The van der Waals surface area contributed by atoms with Gasteiger partial charge in [0.05, 0.1) is 3.23 Å². The van der Waals surface area contributed by atoms with Crippen molar-refractivity contribution >= 4 is 31.9 Å². The van der Waals surface area contributed by atoms with E-state index in [4.69, 9.17) is 0 Å². The van der Waals surface area contributed by atoms with Crippen LogP contribution in [0.3, 0.4) is 0 Å². The standard InChI is InChI=1S/C25H50Br2/c1-3-5-7-9-11-13-15-17-19-21-23-25(26,27)24-22-20-18-16-14-12-10-8-6-4-2/h3-24H2,1-2H3. The minimum absolute atomic E-state index is 0.209. The van der Waals surface area contributed by atoms with Crippen LogP contribution >= 0.6 is 31.9 Å². The molecule has 0 N–H and O–H groups in total. The summed E-state index contributed by atoms with van der Waals surface area (Å²) in [6.07, 6.45) is 31.1. The van der Waals surface area contributed by atoms with Crippen LogP contribution in [-0.4, -0.2) is 3.23 Å². The molecule has 0 aromatic rings. The molecular weight excluding hydrogens is 460 g/mol. The van der Waals surface area contributed by atoms with E-state index in [9.17, 15) is 0 Å². The van der Waals surface area contributed by atoms with Crippen molar-refractivity contribution in [2.75, 3.05) is 0 Å². The minimum atomic E-state index is 0.209. The second-order valence-corrected chi connectivity index (χ2v) is 12.8. The predicted molar refractivity (Wildman–Crippen MR) is 134 cm³/mol. The highest BCUT2D eigenvalue weighted by molar-refractivity contribution is 9.25. The summed E-state index contributed by atoms with van der Waals surface area (Å²) in [7, 11) is 0. The fourth-order valence-corrected chi connectivity index (χ4v) is 4.99. The zero-order valence-electron chi connectivity index (χ0n) is 18.8. The first-order chi connectivity index (χ1) is 13.1. The van der Waals surface area contributed by atoms with Crippen LogP contribution in [0, 0.1) is 0 Å². The van der Waals surface area contributed by atoms with E-state index < -0.39 is 0 Å². The topological polar surface area (TPSA) is 0 Å². The highest BCUT2D eigenvalue weighted by Crippen LogP contribution is 2.37. The number of hydrogen-bond donors (Lipinski definition) is 0. The molecule has 164 valence electrons. The van der Waals surface area contributed by atoms with Gasteiger partial charge in [-0.2, -0.15) is 0 Å². The van der Waals surface area contributed by atoms with Crippen molar-refractivity contribution in [3.63, 3.8) is 0 Å². The van der Waals surface area contributed by atoms with Crippen LogP contribution in [0.2, 0.25) is 0 Å². The molecule has 0 atom stereocenters. The highest BCUT2D eigenvalue weighted by Gasteiger charge is 2.21. The van der Waals surface area contributed by atoms with E-state index in [1.807, 2.05) is 0 Å². The van der Waals surface area contributed by atoms with Crippen LogP contribution in [0.1, 0.15) is 155 Å². The molecule has 0 fully saturated rings. The van der Waals surface area contributed by atoms with Gasteiger partial charge in [-0.25, -0.2) is 0 Å². The van der Waals surface area contributed by atoms with Gasteiger partial charge in [0, 0.05) is 0 Å². The highest BCUT2D eigenvalue weighted by atomic mass is 79.9. The Labute approximate surface area is 189 Å². The molecule has 0 aromatic carbocycles. The molecule has 0 aliphatic rings. The van der Waals surface area contributed by atoms with Gasteiger partial charge in [-0.05, 0) is 12.8 Å². The van der Waals surface area contributed by atoms with Gasteiger partial charge in [0.1, 0.15) is 0 Å². The van der Waals surface area contributed by atoms with Gasteiger partial charge in [-0.15, -0.1) is 0 Å². The van der Waals surface area contributed by atoms with Gasteiger partial charge in [-0.1, -0.05) is 174 Å². The molecule has 0 bridgehead atoms. The normalized spacial score (nSPS) is 12.0. The summed E-state index contributed by atoms with van der Waals surface area (Å²) >= 11 is 7.87. The van der Waals surface area contributed by atoms with Crippen LogP contribution in [0.15, 0.2) is 0 Å². The lowest BCUT2D eigenvalue weighted by atomic mass is 10.0. The molecule has 0 aliphatic carbocycles. The quantitative estimate of drug-likeness (QED) is 0.100. The van der Waals surface area contributed by atoms with Crippen LogP contribution in [0.4, 0.5) is 0 Å². The fourth-order valence-electron chi connectivity index (χ4n) is 3.87. The summed E-state index contributed by atoms with van der Waals surface area (Å²) in [6.45, 7) is 4.59. The van der Waals surface area contributed by atoms with E-state index in [-0.39, 0.29) is 3.23 Å². The Kier molecular flexibility index (Phi) is 22.4. The molecule has 0 saturated carbocycles. The van der Waals surface area contributed by atoms with Gasteiger partial charge < -0.3 is 0 Å². The molecule has 0 heterocycles. The Hall–Kier alpha value is 0.960. The molecule has 0 amide bonds. The molecule has 2 heteroatoms. The summed E-state index contributed by atoms with van der Waals surface area (Å²) in [6, 6.07) is 0. The third-order valence-corrected chi connectivity index (χ3v) is 7.38. The van der Waals surface area contributed by atoms with E-state index in [2.05, 4.69) is 45.7 Å². The predicted octanol–water partition coefficient (Wildman–Crippen LogP) is 11.1. The van der Waals surface area contributed by atoms with Crippen LogP contribution < -0.4 is 0 Å². The van der Waals surface area contributed by atoms with Gasteiger partial charge in [0.15, 0.2) is 0 Å². The van der Waals surface area contributed by atoms with Crippen molar-refractivity contribution in [3.8, 4) is 0 Å². The maximum Gasteiger partial charge on any atom is 0.0805 e. The zero-order valence-corrected chi connectivity index (χ0v) is 22.0. The van der Waals surface area contributed by atoms with Crippen molar-refractivity contribution in [1.29, 1.82) is 0 Å². The van der Waals surface area contributed by atoms with E-state index in [0.29, 0.717) is 0 Å². The summed E-state index contributed by atoms with van der Waals surface area (Å²) in [5, 5.41) is 0. The Morgan fingerprint density at radius 1 is 0.370 bits per heavy atom. The van der Waals surface area contributed by atoms with Gasteiger partial charge in [-0.3, -0.25) is 0 Å².